The van der Waals surface area contributed by atoms with Crippen LogP contribution in [0.5, 0.6) is 0 Å². The predicted molar refractivity (Wildman–Crippen MR) is 41.4 cm³/mol. The Kier molecular flexibility index (Phi) is 3.74. The zero-order valence-corrected chi connectivity index (χ0v) is 7.37. The first-order valence-electron chi connectivity index (χ1n) is 3.76. The summed E-state index contributed by atoms with van der Waals surface area (Å²) >= 11 is 0. The molecular weight excluding hydrogens is 184 g/mol. The minimum atomic E-state index is -4.19. The van der Waals surface area contributed by atoms with Crippen LogP contribution in [0.3, 0.4) is 0 Å². The first-order chi connectivity index (χ1) is 5.71. The van der Waals surface area contributed by atoms with E-state index in [0.29, 0.717) is 0 Å². The molecule has 0 aliphatic carbocycles. The van der Waals surface area contributed by atoms with Crippen molar-refractivity contribution < 1.29 is 23.8 Å². The number of carbonyl (C=O) groups is 1. The highest BCUT2D eigenvalue weighted by molar-refractivity contribution is 5.76. The average molecular weight is 197 g/mol. The van der Waals surface area contributed by atoms with Crippen molar-refractivity contribution in [3.05, 3.63) is 0 Å². The molecule has 0 aliphatic heterocycles. The van der Waals surface area contributed by atoms with Gasteiger partial charge in [0.15, 0.2) is 0 Å². The lowest BCUT2D eigenvalue weighted by molar-refractivity contribution is -0.185. The summed E-state index contributed by atoms with van der Waals surface area (Å²) in [6, 6.07) is -1.26. The fraction of sp³-hybridized carbons (Fsp3) is 0.857. The van der Waals surface area contributed by atoms with E-state index in [1.165, 1.54) is 13.8 Å². The molecule has 0 spiro atoms. The molecule has 0 bridgehead atoms. The van der Waals surface area contributed by atoms with E-state index in [0.717, 1.165) is 0 Å². The van der Waals surface area contributed by atoms with Gasteiger partial charge in [-0.3, -0.25) is 0 Å². The predicted octanol–water partition coefficient (Wildman–Crippen LogP) is 0.0505. The minimum Gasteiger partial charge on any atom is -0.477 e. The van der Waals surface area contributed by atoms with Crippen LogP contribution in [0.25, 0.3) is 0 Å². The highest BCUT2D eigenvalue weighted by atomic mass is 19.3. The van der Waals surface area contributed by atoms with Crippen molar-refractivity contribution in [1.29, 1.82) is 0 Å². The number of aliphatic hydroxyl groups excluding tert-OH is 1. The zero-order valence-electron chi connectivity index (χ0n) is 7.37. The van der Waals surface area contributed by atoms with Gasteiger partial charge in [0.05, 0.1) is 0 Å². The molecule has 2 atom stereocenters. The number of hydrogen-bond acceptors (Lipinski definition) is 3. The van der Waals surface area contributed by atoms with Crippen molar-refractivity contribution >= 4 is 5.97 Å². The first-order valence-corrected chi connectivity index (χ1v) is 3.76. The summed E-state index contributed by atoms with van der Waals surface area (Å²) in [4.78, 5) is 10.0. The standard InChI is InChI=1S/C7H13F2NO3/c1-3(2)4(10)5(11)7(8,9)6(12)13/h3-5,11H,10H2,1-2H3,(H,12,13)/t4-,5+/m0/s1. The summed E-state index contributed by atoms with van der Waals surface area (Å²) in [6.45, 7) is 3.04. The van der Waals surface area contributed by atoms with Gasteiger partial charge in [-0.05, 0) is 5.92 Å². The smallest absolute Gasteiger partial charge is 0.377 e. The summed E-state index contributed by atoms with van der Waals surface area (Å²) in [5.41, 5.74) is 5.19. The number of hydrogen-bond donors (Lipinski definition) is 3. The molecule has 0 aromatic carbocycles. The molecule has 0 fully saturated rings. The van der Waals surface area contributed by atoms with Gasteiger partial charge in [-0.15, -0.1) is 0 Å². The third-order valence-electron chi connectivity index (χ3n) is 1.79. The number of rotatable bonds is 4. The van der Waals surface area contributed by atoms with Crippen molar-refractivity contribution in [2.45, 2.75) is 31.9 Å². The van der Waals surface area contributed by atoms with Gasteiger partial charge >= 0.3 is 11.9 Å². The van der Waals surface area contributed by atoms with E-state index in [2.05, 4.69) is 0 Å². The highest BCUT2D eigenvalue weighted by Crippen LogP contribution is 2.23. The molecule has 13 heavy (non-hydrogen) atoms. The molecule has 4 nitrogen and oxygen atoms in total. The molecule has 6 heteroatoms. The maximum atomic E-state index is 12.6. The minimum absolute atomic E-state index is 0.416. The van der Waals surface area contributed by atoms with Crippen LogP contribution < -0.4 is 5.73 Å². The van der Waals surface area contributed by atoms with Crippen LogP contribution >= 0.6 is 0 Å². The van der Waals surface area contributed by atoms with Crippen LogP contribution in [0, 0.1) is 5.92 Å². The Hall–Kier alpha value is -0.750. The number of aliphatic carboxylic acids is 1. The van der Waals surface area contributed by atoms with E-state index >= 15 is 0 Å². The van der Waals surface area contributed by atoms with Crippen molar-refractivity contribution in [1.82, 2.24) is 0 Å². The largest absolute Gasteiger partial charge is 0.477 e. The Morgan fingerprint density at radius 1 is 1.46 bits per heavy atom. The molecular formula is C7H13F2NO3. The molecule has 0 radical (unpaired) electrons. The summed E-state index contributed by atoms with van der Waals surface area (Å²) in [5.74, 6) is -6.97. The summed E-state index contributed by atoms with van der Waals surface area (Å²) in [5, 5.41) is 17.0. The van der Waals surface area contributed by atoms with Gasteiger partial charge in [-0.25, -0.2) is 4.79 Å². The van der Waals surface area contributed by atoms with Crippen LogP contribution in [0.1, 0.15) is 13.8 Å². The number of aliphatic hydroxyl groups is 1. The molecule has 0 rings (SSSR count). The van der Waals surface area contributed by atoms with E-state index in [1.54, 1.807) is 0 Å². The Morgan fingerprint density at radius 2 is 1.85 bits per heavy atom. The van der Waals surface area contributed by atoms with Gasteiger partial charge in [0, 0.05) is 6.04 Å². The second-order valence-corrected chi connectivity index (χ2v) is 3.19. The Balaban J connectivity index is 4.58. The van der Waals surface area contributed by atoms with Gasteiger partial charge in [-0.2, -0.15) is 8.78 Å². The highest BCUT2D eigenvalue weighted by Gasteiger charge is 2.50. The molecule has 0 aliphatic rings. The third kappa shape index (κ3) is 2.60. The summed E-state index contributed by atoms with van der Waals surface area (Å²) in [6.07, 6.45) is -2.36. The molecule has 0 saturated heterocycles. The van der Waals surface area contributed by atoms with Crippen LogP contribution in [0.4, 0.5) is 8.78 Å². The molecule has 0 saturated carbocycles. The molecule has 0 aromatic rings. The van der Waals surface area contributed by atoms with Crippen molar-refractivity contribution in [3.63, 3.8) is 0 Å². The van der Waals surface area contributed by atoms with E-state index in [-0.39, 0.29) is 0 Å². The second-order valence-electron chi connectivity index (χ2n) is 3.19. The molecule has 4 N–H and O–H groups in total. The summed E-state index contributed by atoms with van der Waals surface area (Å²) < 4.78 is 25.2. The van der Waals surface area contributed by atoms with Gasteiger partial charge in [0.1, 0.15) is 6.10 Å². The molecule has 0 amide bonds. The Morgan fingerprint density at radius 3 is 2.08 bits per heavy atom. The van der Waals surface area contributed by atoms with Crippen LogP contribution in [0.15, 0.2) is 0 Å². The van der Waals surface area contributed by atoms with E-state index in [9.17, 15) is 13.6 Å². The van der Waals surface area contributed by atoms with Gasteiger partial charge in [0.25, 0.3) is 0 Å². The topological polar surface area (TPSA) is 83.5 Å². The van der Waals surface area contributed by atoms with Crippen molar-refractivity contribution in [2.75, 3.05) is 0 Å². The molecule has 0 unspecified atom stereocenters. The number of carboxylic acids is 1. The second kappa shape index (κ2) is 3.97. The van der Waals surface area contributed by atoms with E-state index in [4.69, 9.17) is 15.9 Å². The number of alkyl halides is 2. The van der Waals surface area contributed by atoms with Crippen molar-refractivity contribution in [3.8, 4) is 0 Å². The quantitative estimate of drug-likeness (QED) is 0.594. The van der Waals surface area contributed by atoms with Gasteiger partial charge in [0.2, 0.25) is 0 Å². The maximum absolute atomic E-state index is 12.6. The molecule has 0 aromatic heterocycles. The number of halogens is 2. The molecule has 78 valence electrons. The third-order valence-corrected chi connectivity index (χ3v) is 1.79. The van der Waals surface area contributed by atoms with Crippen LogP contribution in [-0.2, 0) is 4.79 Å². The van der Waals surface area contributed by atoms with E-state index in [1.807, 2.05) is 0 Å². The number of carboxylic acid groups (broad SMARTS) is 1. The lowest BCUT2D eigenvalue weighted by atomic mass is 9.95. The SMILES string of the molecule is CC(C)[C@H](N)[C@@H](O)C(F)(F)C(=O)O. The first kappa shape index (κ1) is 12.2. The fourth-order valence-electron chi connectivity index (χ4n) is 0.733. The summed E-state index contributed by atoms with van der Waals surface area (Å²) in [7, 11) is 0. The fourth-order valence-corrected chi connectivity index (χ4v) is 0.733. The van der Waals surface area contributed by atoms with Gasteiger partial charge < -0.3 is 15.9 Å². The van der Waals surface area contributed by atoms with Crippen LogP contribution in [-0.4, -0.2) is 34.3 Å². The van der Waals surface area contributed by atoms with E-state index < -0.39 is 30.0 Å². The maximum Gasteiger partial charge on any atom is 0.377 e. The average Bonchev–Trinajstić information content (AvgIpc) is 2.01. The number of nitrogens with two attached hydrogens (primary N) is 1. The monoisotopic (exact) mass is 197 g/mol. The van der Waals surface area contributed by atoms with Gasteiger partial charge in [-0.1, -0.05) is 13.8 Å². The Bertz CT molecular complexity index is 196. The van der Waals surface area contributed by atoms with Crippen molar-refractivity contribution in [2.24, 2.45) is 11.7 Å². The Labute approximate surface area is 74.3 Å². The lowest BCUT2D eigenvalue weighted by Gasteiger charge is -2.26. The molecule has 0 heterocycles. The normalized spacial score (nSPS) is 17.2. The lowest BCUT2D eigenvalue weighted by Crippen LogP contribution is -2.53. The zero-order chi connectivity index (χ0) is 10.8. The van der Waals surface area contributed by atoms with Crippen LogP contribution in [0.2, 0.25) is 0 Å².